The maximum atomic E-state index is 12.2. The van der Waals surface area contributed by atoms with Gasteiger partial charge in [0.25, 0.3) is 0 Å². The largest absolute Gasteiger partial charge is 0.496 e. The lowest BCUT2D eigenvalue weighted by Gasteiger charge is -2.24. The molecule has 11 heteroatoms. The highest BCUT2D eigenvalue weighted by Crippen LogP contribution is 2.29. The number of aliphatic hydroxyl groups is 1. The fourth-order valence-electron chi connectivity index (χ4n) is 2.78. The number of aromatic amines is 1. The smallest absolute Gasteiger partial charge is 0.333 e. The molecule has 30 heavy (non-hydrogen) atoms. The number of amides is 1. The van der Waals surface area contributed by atoms with Crippen molar-refractivity contribution in [2.24, 2.45) is 0 Å². The molecule has 0 aliphatic carbocycles. The molecule has 0 saturated carbocycles. The Bertz CT molecular complexity index is 993. The van der Waals surface area contributed by atoms with Crippen molar-refractivity contribution in [2.45, 2.75) is 12.6 Å². The number of hydrazine groups is 1. The van der Waals surface area contributed by atoms with Crippen LogP contribution in [0.1, 0.15) is 16.2 Å². The minimum absolute atomic E-state index is 0.142. The molecule has 2 aromatic carbocycles. The summed E-state index contributed by atoms with van der Waals surface area (Å²) in [5.41, 5.74) is 5.14. The number of aliphatic carboxylic acids is 1. The zero-order valence-electron chi connectivity index (χ0n) is 16.0. The zero-order valence-corrected chi connectivity index (χ0v) is 16.0. The van der Waals surface area contributed by atoms with Crippen molar-refractivity contribution in [2.75, 3.05) is 13.7 Å². The lowest BCUT2D eigenvalue weighted by Crippen LogP contribution is -2.47. The molecule has 4 N–H and O–H groups in total. The molecule has 0 spiro atoms. The monoisotopic (exact) mass is 412 g/mol. The minimum atomic E-state index is -1.69. The van der Waals surface area contributed by atoms with Crippen molar-refractivity contribution >= 4 is 11.9 Å². The van der Waals surface area contributed by atoms with Crippen LogP contribution in [0.5, 0.6) is 5.75 Å². The third-order valence-corrected chi connectivity index (χ3v) is 4.24. The number of aromatic nitrogens is 4. The number of nitrogens with zero attached hydrogens (tertiary/aromatic N) is 4. The summed E-state index contributed by atoms with van der Waals surface area (Å²) in [5.74, 6) is -1.47. The van der Waals surface area contributed by atoms with E-state index in [0.29, 0.717) is 0 Å². The van der Waals surface area contributed by atoms with Crippen molar-refractivity contribution in [3.8, 4) is 16.9 Å². The number of ether oxygens (including phenoxy) is 1. The summed E-state index contributed by atoms with van der Waals surface area (Å²) in [7, 11) is 1.60. The maximum Gasteiger partial charge on any atom is 0.333 e. The minimum Gasteiger partial charge on any atom is -0.496 e. The Hall–Kier alpha value is -3.83. The second-order valence-corrected chi connectivity index (χ2v) is 6.32. The molecule has 0 bridgehead atoms. The highest BCUT2D eigenvalue weighted by Gasteiger charge is 2.21. The van der Waals surface area contributed by atoms with Crippen LogP contribution in [0.3, 0.4) is 0 Å². The fraction of sp³-hybridized carbons (Fsp3) is 0.211. The van der Waals surface area contributed by atoms with Crippen molar-refractivity contribution in [1.82, 2.24) is 31.1 Å². The van der Waals surface area contributed by atoms with Gasteiger partial charge in [-0.1, -0.05) is 42.5 Å². The Balaban J connectivity index is 1.76. The first kappa shape index (κ1) is 20.9. The summed E-state index contributed by atoms with van der Waals surface area (Å²) in [6.07, 6.45) is -1.69. The first-order chi connectivity index (χ1) is 14.5. The Morgan fingerprint density at radius 1 is 1.20 bits per heavy atom. The fourth-order valence-corrected chi connectivity index (χ4v) is 2.78. The first-order valence-electron chi connectivity index (χ1n) is 8.90. The van der Waals surface area contributed by atoms with Crippen molar-refractivity contribution in [1.29, 1.82) is 0 Å². The SMILES string of the molecule is COc1ccccc1-c1ccc(CN(C[C@@H](O)C(=O)O)NC(=O)c2nnn[nH]2)cc1. The van der Waals surface area contributed by atoms with Gasteiger partial charge >= 0.3 is 11.9 Å². The number of aliphatic hydroxyl groups excluding tert-OH is 1. The predicted molar refractivity (Wildman–Crippen MR) is 104 cm³/mol. The summed E-state index contributed by atoms with van der Waals surface area (Å²) < 4.78 is 5.38. The van der Waals surface area contributed by atoms with E-state index < -0.39 is 18.0 Å². The summed E-state index contributed by atoms with van der Waals surface area (Å²) in [4.78, 5) is 23.2. The van der Waals surface area contributed by atoms with E-state index in [0.717, 1.165) is 22.4 Å². The van der Waals surface area contributed by atoms with E-state index in [4.69, 9.17) is 9.84 Å². The second kappa shape index (κ2) is 9.58. The van der Waals surface area contributed by atoms with Crippen LogP contribution in [0, 0.1) is 0 Å². The van der Waals surface area contributed by atoms with Gasteiger partial charge in [0.05, 0.1) is 13.7 Å². The number of hydrogen-bond acceptors (Lipinski definition) is 8. The highest BCUT2D eigenvalue weighted by molar-refractivity contribution is 5.89. The summed E-state index contributed by atoms with van der Waals surface area (Å²) in [5, 5.41) is 32.4. The number of nitrogens with one attached hydrogen (secondary N) is 2. The Labute approximate surface area is 171 Å². The Morgan fingerprint density at radius 2 is 1.93 bits per heavy atom. The average Bonchev–Trinajstić information content (AvgIpc) is 3.29. The van der Waals surface area contributed by atoms with E-state index in [1.807, 2.05) is 48.5 Å². The number of H-pyrrole nitrogens is 1. The van der Waals surface area contributed by atoms with E-state index in [1.54, 1.807) is 7.11 Å². The third-order valence-electron chi connectivity index (χ3n) is 4.24. The standard InChI is InChI=1S/C19H20N6O5/c1-30-16-5-3-2-4-14(16)13-8-6-12(7-9-13)10-25(11-15(26)19(28)29)22-18(27)17-20-23-24-21-17/h2-9,15,26H,10-11H2,1H3,(H,22,27)(H,28,29)(H,20,21,23,24)/t15-/m1/s1. The number of benzene rings is 2. The van der Waals surface area contributed by atoms with Gasteiger partial charge < -0.3 is 14.9 Å². The topological polar surface area (TPSA) is 154 Å². The maximum absolute atomic E-state index is 12.2. The molecule has 0 aliphatic rings. The van der Waals surface area contributed by atoms with Crippen LogP contribution in [0.4, 0.5) is 0 Å². The Morgan fingerprint density at radius 3 is 2.57 bits per heavy atom. The molecule has 3 aromatic rings. The van der Waals surface area contributed by atoms with Gasteiger partial charge in [0.15, 0.2) is 6.10 Å². The number of methoxy groups -OCH3 is 1. The van der Waals surface area contributed by atoms with Crippen LogP contribution in [-0.4, -0.2) is 67.5 Å². The number of carbonyl (C=O) groups excluding carboxylic acids is 1. The number of carboxylic acids is 1. The van der Waals surface area contributed by atoms with Crippen LogP contribution < -0.4 is 10.2 Å². The second-order valence-electron chi connectivity index (χ2n) is 6.32. The quantitative estimate of drug-likeness (QED) is 0.367. The first-order valence-corrected chi connectivity index (χ1v) is 8.90. The van der Waals surface area contributed by atoms with Crippen LogP contribution in [-0.2, 0) is 11.3 Å². The lowest BCUT2D eigenvalue weighted by atomic mass is 10.0. The number of para-hydroxylation sites is 1. The molecule has 1 aromatic heterocycles. The number of tetrazole rings is 1. The van der Waals surface area contributed by atoms with Crippen molar-refractivity contribution < 1.29 is 24.5 Å². The molecular formula is C19H20N6O5. The van der Waals surface area contributed by atoms with Gasteiger partial charge in [-0.15, -0.1) is 5.10 Å². The molecule has 0 radical (unpaired) electrons. The van der Waals surface area contributed by atoms with Crippen LogP contribution in [0.25, 0.3) is 11.1 Å². The van der Waals surface area contributed by atoms with Gasteiger partial charge in [-0.25, -0.2) is 14.9 Å². The Kier molecular flexibility index (Phi) is 6.67. The molecule has 0 aliphatic heterocycles. The van der Waals surface area contributed by atoms with Crippen LogP contribution >= 0.6 is 0 Å². The van der Waals surface area contributed by atoms with E-state index in [2.05, 4.69) is 26.0 Å². The number of carboxylic acid groups (broad SMARTS) is 1. The van der Waals surface area contributed by atoms with Gasteiger partial charge in [-0.05, 0) is 27.6 Å². The summed E-state index contributed by atoms with van der Waals surface area (Å²) in [6, 6.07) is 15.1. The predicted octanol–water partition coefficient (Wildman–Crippen LogP) is 0.468. The number of rotatable bonds is 9. The highest BCUT2D eigenvalue weighted by atomic mass is 16.5. The van der Waals surface area contributed by atoms with Crippen LogP contribution in [0.2, 0.25) is 0 Å². The molecule has 1 amide bonds. The zero-order chi connectivity index (χ0) is 21.5. The van der Waals surface area contributed by atoms with E-state index in [9.17, 15) is 14.7 Å². The molecule has 0 saturated heterocycles. The van der Waals surface area contributed by atoms with Crippen molar-refractivity contribution in [3.05, 3.63) is 59.9 Å². The number of hydrogen-bond donors (Lipinski definition) is 4. The van der Waals surface area contributed by atoms with Gasteiger partial charge in [-0.3, -0.25) is 10.2 Å². The van der Waals surface area contributed by atoms with E-state index >= 15 is 0 Å². The van der Waals surface area contributed by atoms with Crippen molar-refractivity contribution in [3.63, 3.8) is 0 Å². The summed E-state index contributed by atoms with van der Waals surface area (Å²) >= 11 is 0. The number of carbonyl (C=O) groups is 2. The lowest BCUT2D eigenvalue weighted by molar-refractivity contribution is -0.148. The molecule has 11 nitrogen and oxygen atoms in total. The van der Waals surface area contributed by atoms with Gasteiger partial charge in [-0.2, -0.15) is 0 Å². The molecule has 1 atom stereocenters. The van der Waals surface area contributed by atoms with Crippen LogP contribution in [0.15, 0.2) is 48.5 Å². The van der Waals surface area contributed by atoms with E-state index in [-0.39, 0.29) is 18.9 Å². The normalized spacial score (nSPS) is 11.8. The summed E-state index contributed by atoms with van der Waals surface area (Å²) in [6.45, 7) is -0.194. The molecule has 1 heterocycles. The van der Waals surface area contributed by atoms with Gasteiger partial charge in [0.2, 0.25) is 5.82 Å². The molecular weight excluding hydrogens is 392 g/mol. The molecule has 3 rings (SSSR count). The molecule has 0 unspecified atom stereocenters. The average molecular weight is 412 g/mol. The van der Waals surface area contributed by atoms with Gasteiger partial charge in [0, 0.05) is 12.1 Å². The molecule has 0 fully saturated rings. The molecule has 156 valence electrons. The third kappa shape index (κ3) is 5.16. The van der Waals surface area contributed by atoms with Gasteiger partial charge in [0.1, 0.15) is 5.75 Å². The van der Waals surface area contributed by atoms with E-state index in [1.165, 1.54) is 5.01 Å².